The molecule has 4 aliphatic carbocycles. The summed E-state index contributed by atoms with van der Waals surface area (Å²) in [4.78, 5) is 11.5. The Bertz CT molecular complexity index is 832. The molecule has 3 unspecified atom stereocenters. The highest BCUT2D eigenvalue weighted by Gasteiger charge is 2.61. The first kappa shape index (κ1) is 21.7. The van der Waals surface area contributed by atoms with Crippen molar-refractivity contribution in [2.75, 3.05) is 13.2 Å². The van der Waals surface area contributed by atoms with Crippen LogP contribution >= 0.6 is 0 Å². The van der Waals surface area contributed by atoms with Crippen molar-refractivity contribution in [3.05, 3.63) is 22.8 Å². The number of nitrogens with zero attached hydrogens (tertiary/aromatic N) is 1. The quantitative estimate of drug-likeness (QED) is 0.497. The Morgan fingerprint density at radius 2 is 2.13 bits per heavy atom. The van der Waals surface area contributed by atoms with Gasteiger partial charge in [-0.05, 0) is 87.2 Å². The molecule has 0 N–H and O–H groups in total. The predicted octanol–water partition coefficient (Wildman–Crippen LogP) is 6.29. The number of ether oxygens (including phenoxy) is 1. The molecule has 1 aliphatic heterocycles. The minimum atomic E-state index is -0.213. The van der Waals surface area contributed by atoms with Gasteiger partial charge in [-0.2, -0.15) is 5.26 Å². The van der Waals surface area contributed by atoms with Crippen molar-refractivity contribution >= 4 is 0 Å². The topological polar surface area (TPSA) is 51.5 Å². The number of fused-ring (bicyclic) bond motifs is 4. The molecular weight excluding hydrogens is 386 g/mol. The van der Waals surface area contributed by atoms with E-state index >= 15 is 0 Å². The van der Waals surface area contributed by atoms with Crippen LogP contribution in [0.15, 0.2) is 22.8 Å². The molecule has 0 radical (unpaired) electrons. The van der Waals surface area contributed by atoms with Gasteiger partial charge in [0.05, 0.1) is 24.2 Å². The van der Waals surface area contributed by atoms with E-state index in [2.05, 4.69) is 39.8 Å². The molecule has 170 valence electrons. The maximum Gasteiger partial charge on any atom is 0.115 e. The molecule has 0 aromatic heterocycles. The van der Waals surface area contributed by atoms with E-state index < -0.39 is 0 Å². The standard InChI is InChI=1S/C27H39NO3/c1-5-26(17-28)12-10-23-21-8-7-19-16-27(13-14-30-31-27)24(18(3)29-6-2)15-22(19)20(21)9-11-25(23,26)4/h9,18,21,23-24H,5-8,10-16H2,1-4H3/t18?,21-,23+,24?,25+,26-,27?/m1/s1. The van der Waals surface area contributed by atoms with Crippen LogP contribution in [0, 0.1) is 39.9 Å². The normalized spacial score (nSPS) is 45.0. The van der Waals surface area contributed by atoms with Crippen LogP contribution in [0.4, 0.5) is 0 Å². The molecule has 5 aliphatic rings. The lowest BCUT2D eigenvalue weighted by Gasteiger charge is -2.52. The Kier molecular flexibility index (Phi) is 5.40. The average molecular weight is 426 g/mol. The second-order valence-electron chi connectivity index (χ2n) is 11.1. The molecular formula is C27H39NO3. The zero-order valence-corrected chi connectivity index (χ0v) is 19.8. The summed E-state index contributed by atoms with van der Waals surface area (Å²) in [6.07, 6.45) is 12.4. The van der Waals surface area contributed by atoms with Crippen LogP contribution in [0.25, 0.3) is 0 Å². The third-order valence-corrected chi connectivity index (χ3v) is 10.2. The summed E-state index contributed by atoms with van der Waals surface area (Å²) in [5, 5.41) is 10.1. The number of hydrogen-bond donors (Lipinski definition) is 0. The largest absolute Gasteiger partial charge is 0.378 e. The lowest BCUT2D eigenvalue weighted by Crippen LogP contribution is -2.49. The first-order valence-electron chi connectivity index (χ1n) is 12.7. The Labute approximate surface area is 187 Å². The summed E-state index contributed by atoms with van der Waals surface area (Å²) < 4.78 is 6.11. The van der Waals surface area contributed by atoms with Crippen LogP contribution in [-0.2, 0) is 14.5 Å². The minimum absolute atomic E-state index is 0.124. The molecule has 1 saturated heterocycles. The third-order valence-electron chi connectivity index (χ3n) is 10.2. The molecule has 1 heterocycles. The fourth-order valence-corrected chi connectivity index (χ4v) is 8.38. The molecule has 0 aromatic rings. The van der Waals surface area contributed by atoms with Gasteiger partial charge in [-0.1, -0.05) is 25.5 Å². The van der Waals surface area contributed by atoms with Gasteiger partial charge in [-0.3, -0.25) is 0 Å². The van der Waals surface area contributed by atoms with E-state index in [4.69, 9.17) is 14.5 Å². The number of nitriles is 1. The van der Waals surface area contributed by atoms with Crippen LogP contribution < -0.4 is 0 Å². The van der Waals surface area contributed by atoms with Gasteiger partial charge in [0.2, 0.25) is 0 Å². The van der Waals surface area contributed by atoms with Crippen molar-refractivity contribution in [3.8, 4) is 6.07 Å². The molecule has 4 nitrogen and oxygen atoms in total. The Morgan fingerprint density at radius 3 is 2.81 bits per heavy atom. The lowest BCUT2D eigenvalue weighted by molar-refractivity contribution is -0.327. The molecule has 0 aromatic carbocycles. The molecule has 5 rings (SSSR count). The van der Waals surface area contributed by atoms with E-state index in [0.717, 1.165) is 45.1 Å². The Hall–Kier alpha value is -1.15. The lowest BCUT2D eigenvalue weighted by atomic mass is 9.52. The van der Waals surface area contributed by atoms with Crippen molar-refractivity contribution in [1.82, 2.24) is 0 Å². The van der Waals surface area contributed by atoms with Crippen molar-refractivity contribution in [1.29, 1.82) is 5.26 Å². The molecule has 0 bridgehead atoms. The van der Waals surface area contributed by atoms with E-state index in [1.165, 1.54) is 19.3 Å². The molecule has 0 amide bonds. The number of hydrogen-bond acceptors (Lipinski definition) is 4. The molecule has 2 fully saturated rings. The van der Waals surface area contributed by atoms with Crippen LogP contribution in [0.2, 0.25) is 0 Å². The number of allylic oxidation sites excluding steroid dienone is 3. The van der Waals surface area contributed by atoms with Crippen molar-refractivity contribution in [3.63, 3.8) is 0 Å². The summed E-state index contributed by atoms with van der Waals surface area (Å²) in [5.74, 6) is 1.60. The Balaban J connectivity index is 1.50. The van der Waals surface area contributed by atoms with Crippen LogP contribution in [0.5, 0.6) is 0 Å². The summed E-state index contributed by atoms with van der Waals surface area (Å²) in [5.41, 5.74) is 4.61. The fourth-order valence-electron chi connectivity index (χ4n) is 8.38. The van der Waals surface area contributed by atoms with Gasteiger partial charge >= 0.3 is 0 Å². The molecule has 4 heteroatoms. The van der Waals surface area contributed by atoms with Gasteiger partial charge < -0.3 is 4.74 Å². The van der Waals surface area contributed by atoms with Crippen molar-refractivity contribution < 1.29 is 14.5 Å². The van der Waals surface area contributed by atoms with Gasteiger partial charge in [0.15, 0.2) is 0 Å². The summed E-state index contributed by atoms with van der Waals surface area (Å²) in [6.45, 7) is 10.4. The zero-order chi connectivity index (χ0) is 21.9. The minimum Gasteiger partial charge on any atom is -0.378 e. The maximum absolute atomic E-state index is 10.1. The van der Waals surface area contributed by atoms with E-state index in [1.807, 2.05) is 0 Å². The van der Waals surface area contributed by atoms with Gasteiger partial charge in [0, 0.05) is 25.4 Å². The SMILES string of the molecule is CCOC(C)C1CC2=C(CC[C@@H]3C2=CC[C@@]2(C)[C@H]3CC[C@@]2(C#N)CC)CC12CCOO2. The zero-order valence-electron chi connectivity index (χ0n) is 19.8. The van der Waals surface area contributed by atoms with Crippen LogP contribution in [-0.4, -0.2) is 24.9 Å². The van der Waals surface area contributed by atoms with E-state index in [-0.39, 0.29) is 22.5 Å². The van der Waals surface area contributed by atoms with E-state index in [0.29, 0.717) is 24.4 Å². The van der Waals surface area contributed by atoms with Gasteiger partial charge in [-0.15, -0.1) is 0 Å². The highest BCUT2D eigenvalue weighted by molar-refractivity contribution is 5.46. The van der Waals surface area contributed by atoms with E-state index in [9.17, 15) is 5.26 Å². The van der Waals surface area contributed by atoms with Crippen LogP contribution in [0.1, 0.15) is 85.5 Å². The number of rotatable bonds is 4. The van der Waals surface area contributed by atoms with Crippen molar-refractivity contribution in [2.45, 2.75) is 97.2 Å². The van der Waals surface area contributed by atoms with Gasteiger partial charge in [-0.25, -0.2) is 9.78 Å². The predicted molar refractivity (Wildman–Crippen MR) is 120 cm³/mol. The second kappa shape index (κ2) is 7.72. The Morgan fingerprint density at radius 1 is 1.29 bits per heavy atom. The maximum atomic E-state index is 10.1. The third kappa shape index (κ3) is 2.96. The highest BCUT2D eigenvalue weighted by atomic mass is 17.2. The summed E-state index contributed by atoms with van der Waals surface area (Å²) >= 11 is 0. The molecule has 31 heavy (non-hydrogen) atoms. The highest BCUT2D eigenvalue weighted by Crippen LogP contribution is 2.67. The fraction of sp³-hybridized carbons (Fsp3) is 0.815. The van der Waals surface area contributed by atoms with Crippen LogP contribution in [0.3, 0.4) is 0 Å². The summed E-state index contributed by atoms with van der Waals surface area (Å²) in [7, 11) is 0. The molecule has 1 spiro atoms. The monoisotopic (exact) mass is 425 g/mol. The van der Waals surface area contributed by atoms with Gasteiger partial charge in [0.25, 0.3) is 0 Å². The smallest absolute Gasteiger partial charge is 0.115 e. The van der Waals surface area contributed by atoms with Crippen molar-refractivity contribution in [2.24, 2.45) is 28.6 Å². The van der Waals surface area contributed by atoms with E-state index in [1.54, 1.807) is 16.7 Å². The van der Waals surface area contributed by atoms with Gasteiger partial charge in [0.1, 0.15) is 5.60 Å². The first-order chi connectivity index (χ1) is 14.9. The summed E-state index contributed by atoms with van der Waals surface area (Å²) in [6, 6.07) is 2.80. The second-order valence-corrected chi connectivity index (χ2v) is 11.1. The molecule has 7 atom stereocenters. The first-order valence-corrected chi connectivity index (χ1v) is 12.7. The molecule has 1 saturated carbocycles. The average Bonchev–Trinajstić information content (AvgIpc) is 3.35.